The number of morpholine rings is 1. The highest BCUT2D eigenvalue weighted by atomic mass is 35.5. The van der Waals surface area contributed by atoms with E-state index in [0.717, 1.165) is 10.8 Å². The summed E-state index contributed by atoms with van der Waals surface area (Å²) in [4.78, 5) is 0. The highest BCUT2D eigenvalue weighted by Gasteiger charge is 2.27. The van der Waals surface area contributed by atoms with Gasteiger partial charge >= 0.3 is 10.3 Å². The van der Waals surface area contributed by atoms with E-state index in [1.807, 2.05) is 24.3 Å². The molecule has 0 saturated carbocycles. The topological polar surface area (TPSA) is 55.8 Å². The van der Waals surface area contributed by atoms with Crippen LogP contribution in [0.15, 0.2) is 36.4 Å². The zero-order chi connectivity index (χ0) is 14.9. The minimum Gasteiger partial charge on any atom is -0.379 e. The molecule has 0 atom stereocenters. The molecule has 0 aromatic heterocycles. The Kier molecular flexibility index (Phi) is 4.03. The Hall–Kier alpha value is -1.34. The zero-order valence-corrected chi connectivity index (χ0v) is 12.7. The molecule has 0 aliphatic carbocycles. The van der Waals surface area contributed by atoms with Crippen molar-refractivity contribution >= 4 is 32.7 Å². The summed E-state index contributed by atoms with van der Waals surface area (Å²) in [6.45, 7) is 1.31. The molecule has 1 aliphatic rings. The lowest BCUT2D eigenvalue weighted by Crippen LogP contribution is -2.42. The Balaban J connectivity index is 1.92. The Labute approximate surface area is 128 Å². The van der Waals surface area contributed by atoms with Gasteiger partial charge in [0, 0.05) is 18.5 Å². The van der Waals surface area contributed by atoms with Crippen LogP contribution in [-0.2, 0) is 15.0 Å². The van der Waals surface area contributed by atoms with Gasteiger partial charge in [-0.05, 0) is 11.5 Å². The van der Waals surface area contributed by atoms with Gasteiger partial charge in [-0.25, -0.2) is 0 Å². The van der Waals surface area contributed by atoms with Crippen LogP contribution in [0, 0.1) is 0 Å². The first kappa shape index (κ1) is 14.6. The third-order valence-electron chi connectivity index (χ3n) is 3.31. The minimum absolute atomic E-state index is 0.141. The summed E-state index contributed by atoms with van der Waals surface area (Å²) in [6.07, 6.45) is 0. The van der Waals surface area contributed by atoms with Crippen molar-refractivity contribution in [3.8, 4) is 5.75 Å². The van der Waals surface area contributed by atoms with Crippen molar-refractivity contribution < 1.29 is 17.3 Å². The maximum atomic E-state index is 12.2. The molecule has 0 spiro atoms. The van der Waals surface area contributed by atoms with Crippen molar-refractivity contribution in [3.05, 3.63) is 41.4 Å². The first-order chi connectivity index (χ1) is 10.1. The van der Waals surface area contributed by atoms with Gasteiger partial charge in [0.15, 0.2) is 5.75 Å². The number of rotatable bonds is 3. The number of benzene rings is 2. The minimum atomic E-state index is -3.86. The summed E-state index contributed by atoms with van der Waals surface area (Å²) in [5, 5.41) is 1.98. The average Bonchev–Trinajstić information content (AvgIpc) is 2.51. The maximum absolute atomic E-state index is 12.2. The second-order valence-electron chi connectivity index (χ2n) is 4.65. The fourth-order valence-corrected chi connectivity index (χ4v) is 3.60. The summed E-state index contributed by atoms with van der Waals surface area (Å²) in [5.74, 6) is 0.141. The van der Waals surface area contributed by atoms with Gasteiger partial charge in [0.25, 0.3) is 0 Å². The molecule has 0 bridgehead atoms. The van der Waals surface area contributed by atoms with E-state index in [4.69, 9.17) is 20.5 Å². The number of fused-ring (bicyclic) bond motifs is 1. The fourth-order valence-electron chi connectivity index (χ4n) is 2.21. The van der Waals surface area contributed by atoms with Gasteiger partial charge in [-0.1, -0.05) is 41.9 Å². The summed E-state index contributed by atoms with van der Waals surface area (Å²) in [6, 6.07) is 10.8. The predicted molar refractivity (Wildman–Crippen MR) is 80.9 cm³/mol. The quantitative estimate of drug-likeness (QED) is 0.869. The molecule has 0 amide bonds. The molecule has 1 aliphatic heterocycles. The van der Waals surface area contributed by atoms with Crippen molar-refractivity contribution in [2.75, 3.05) is 26.3 Å². The normalized spacial score (nSPS) is 17.0. The number of ether oxygens (including phenoxy) is 1. The molecule has 112 valence electrons. The van der Waals surface area contributed by atoms with Crippen molar-refractivity contribution in [1.82, 2.24) is 4.31 Å². The number of nitrogens with zero attached hydrogens (tertiary/aromatic N) is 1. The lowest BCUT2D eigenvalue weighted by Gasteiger charge is -2.25. The van der Waals surface area contributed by atoms with Crippen LogP contribution in [0.25, 0.3) is 10.8 Å². The van der Waals surface area contributed by atoms with Gasteiger partial charge < -0.3 is 8.92 Å². The van der Waals surface area contributed by atoms with Crippen LogP contribution < -0.4 is 4.18 Å². The molecule has 2 aromatic rings. The highest BCUT2D eigenvalue weighted by Crippen LogP contribution is 2.33. The van der Waals surface area contributed by atoms with Crippen LogP contribution in [0.3, 0.4) is 0 Å². The third kappa shape index (κ3) is 2.98. The van der Waals surface area contributed by atoms with Crippen molar-refractivity contribution in [2.45, 2.75) is 0 Å². The lowest BCUT2D eigenvalue weighted by molar-refractivity contribution is 0.0698. The van der Waals surface area contributed by atoms with Crippen LogP contribution in [0.4, 0.5) is 0 Å². The Morgan fingerprint density at radius 3 is 2.57 bits per heavy atom. The van der Waals surface area contributed by atoms with Crippen LogP contribution >= 0.6 is 11.6 Å². The maximum Gasteiger partial charge on any atom is 0.385 e. The SMILES string of the molecule is O=S(=O)(Oc1ccc2ccccc2c1Cl)N1CCOCC1. The van der Waals surface area contributed by atoms with E-state index in [1.54, 1.807) is 12.1 Å². The van der Waals surface area contributed by atoms with Gasteiger partial charge in [0.05, 0.1) is 18.2 Å². The van der Waals surface area contributed by atoms with E-state index in [9.17, 15) is 8.42 Å². The number of halogens is 1. The van der Waals surface area contributed by atoms with E-state index >= 15 is 0 Å². The third-order valence-corrected chi connectivity index (χ3v) is 5.09. The molecule has 1 fully saturated rings. The summed E-state index contributed by atoms with van der Waals surface area (Å²) >= 11 is 6.25. The van der Waals surface area contributed by atoms with Gasteiger partial charge in [0.2, 0.25) is 0 Å². The zero-order valence-electron chi connectivity index (χ0n) is 11.2. The fraction of sp³-hybridized carbons (Fsp3) is 0.286. The molecule has 3 rings (SSSR count). The van der Waals surface area contributed by atoms with Crippen LogP contribution in [-0.4, -0.2) is 39.0 Å². The van der Waals surface area contributed by atoms with Gasteiger partial charge in [-0.3, -0.25) is 0 Å². The molecular weight excluding hydrogens is 314 g/mol. The number of hydrogen-bond acceptors (Lipinski definition) is 4. The van der Waals surface area contributed by atoms with E-state index in [2.05, 4.69) is 0 Å². The summed E-state index contributed by atoms with van der Waals surface area (Å²) < 4.78 is 36.0. The van der Waals surface area contributed by atoms with Gasteiger partial charge in [0.1, 0.15) is 0 Å². The molecule has 21 heavy (non-hydrogen) atoms. The molecule has 0 radical (unpaired) electrons. The molecule has 1 saturated heterocycles. The smallest absolute Gasteiger partial charge is 0.379 e. The van der Waals surface area contributed by atoms with Crippen LogP contribution in [0.2, 0.25) is 5.02 Å². The van der Waals surface area contributed by atoms with Crippen LogP contribution in [0.5, 0.6) is 5.75 Å². The Morgan fingerprint density at radius 1 is 1.10 bits per heavy atom. The molecular formula is C14H14ClNO4S. The molecule has 2 aromatic carbocycles. The standard InChI is InChI=1S/C14H14ClNO4S/c15-14-12-4-2-1-3-11(12)5-6-13(14)20-21(17,18)16-7-9-19-10-8-16/h1-6H,7-10H2. The Morgan fingerprint density at radius 2 is 1.81 bits per heavy atom. The van der Waals surface area contributed by atoms with Gasteiger partial charge in [-0.15, -0.1) is 0 Å². The van der Waals surface area contributed by atoms with Crippen molar-refractivity contribution in [2.24, 2.45) is 0 Å². The predicted octanol–water partition coefficient (Wildman–Crippen LogP) is 2.45. The first-order valence-electron chi connectivity index (χ1n) is 6.52. The molecule has 0 N–H and O–H groups in total. The monoisotopic (exact) mass is 327 g/mol. The second-order valence-corrected chi connectivity index (χ2v) is 6.57. The van der Waals surface area contributed by atoms with E-state index in [0.29, 0.717) is 18.2 Å². The lowest BCUT2D eigenvalue weighted by atomic mass is 10.1. The second kappa shape index (κ2) is 5.81. The molecule has 7 heteroatoms. The van der Waals surface area contributed by atoms with Crippen molar-refractivity contribution in [1.29, 1.82) is 0 Å². The highest BCUT2D eigenvalue weighted by molar-refractivity contribution is 7.84. The average molecular weight is 328 g/mol. The summed E-state index contributed by atoms with van der Waals surface area (Å²) in [5.41, 5.74) is 0. The Bertz CT molecular complexity index is 757. The molecule has 0 unspecified atom stereocenters. The molecule has 5 nitrogen and oxygen atoms in total. The van der Waals surface area contributed by atoms with Crippen LogP contribution in [0.1, 0.15) is 0 Å². The number of hydrogen-bond donors (Lipinski definition) is 0. The van der Waals surface area contributed by atoms with E-state index in [1.165, 1.54) is 4.31 Å². The van der Waals surface area contributed by atoms with E-state index in [-0.39, 0.29) is 18.8 Å². The van der Waals surface area contributed by atoms with E-state index < -0.39 is 10.3 Å². The van der Waals surface area contributed by atoms with Crippen molar-refractivity contribution in [3.63, 3.8) is 0 Å². The van der Waals surface area contributed by atoms with Gasteiger partial charge in [-0.2, -0.15) is 12.7 Å². The largest absolute Gasteiger partial charge is 0.385 e. The first-order valence-corrected chi connectivity index (χ1v) is 8.27. The summed E-state index contributed by atoms with van der Waals surface area (Å²) in [7, 11) is -3.86. The molecule has 1 heterocycles.